The van der Waals surface area contributed by atoms with Gasteiger partial charge in [0, 0.05) is 35.1 Å². The van der Waals surface area contributed by atoms with Crippen LogP contribution in [0.1, 0.15) is 5.56 Å². The molecule has 0 unspecified atom stereocenters. The quantitative estimate of drug-likeness (QED) is 0.862. The van der Waals surface area contributed by atoms with Gasteiger partial charge in [-0.2, -0.15) is 0 Å². The molecule has 0 aromatic heterocycles. The van der Waals surface area contributed by atoms with Gasteiger partial charge in [-0.25, -0.2) is 10.1 Å². The molecule has 4 nitrogen and oxygen atoms in total. The summed E-state index contributed by atoms with van der Waals surface area (Å²) < 4.78 is 0. The van der Waals surface area contributed by atoms with Crippen LogP contribution >= 0.6 is 24.0 Å². The summed E-state index contributed by atoms with van der Waals surface area (Å²) >= 11 is 6.14. The summed E-state index contributed by atoms with van der Waals surface area (Å²) in [5, 5.41) is 13.5. The largest absolute Gasteiger partial charge is 0.284 e. The molecule has 1 heterocycles. The number of nitrogens with zero attached hydrogens (tertiary/aromatic N) is 3. The van der Waals surface area contributed by atoms with E-state index in [0.29, 0.717) is 21.9 Å². The number of halogens is 2. The maximum Gasteiger partial charge on any atom is 0.149 e. The van der Waals surface area contributed by atoms with Crippen molar-refractivity contribution in [2.75, 3.05) is 7.05 Å². The Morgan fingerprint density at radius 2 is 1.87 bits per heavy atom. The molecule has 0 amide bonds. The van der Waals surface area contributed by atoms with Crippen LogP contribution in [0, 0.1) is 0 Å². The van der Waals surface area contributed by atoms with Crippen LogP contribution in [0.2, 0.25) is 5.02 Å². The van der Waals surface area contributed by atoms with Gasteiger partial charge < -0.3 is 0 Å². The fourth-order valence-electron chi connectivity index (χ4n) is 2.30. The fraction of sp³-hybridized carbons (Fsp3) is 0.0588. The molecule has 2 aromatic carbocycles. The zero-order chi connectivity index (χ0) is 15.5. The van der Waals surface area contributed by atoms with Crippen LogP contribution in [-0.2, 0) is 0 Å². The van der Waals surface area contributed by atoms with Crippen molar-refractivity contribution in [2.45, 2.75) is 0 Å². The minimum atomic E-state index is 0. The van der Waals surface area contributed by atoms with E-state index in [9.17, 15) is 5.21 Å². The molecule has 0 saturated carbocycles. The van der Waals surface area contributed by atoms with Gasteiger partial charge in [-0.3, -0.25) is 10.2 Å². The molecular formula is C17H15Cl2N3O. The number of hydrogen-bond acceptors (Lipinski definition) is 3. The van der Waals surface area contributed by atoms with Gasteiger partial charge in [0.25, 0.3) is 0 Å². The van der Waals surface area contributed by atoms with E-state index >= 15 is 0 Å². The molecule has 0 spiro atoms. The van der Waals surface area contributed by atoms with Gasteiger partial charge in [0.1, 0.15) is 5.84 Å². The Balaban J connectivity index is 0.00000192. The summed E-state index contributed by atoms with van der Waals surface area (Å²) in [5.41, 5.74) is 1.48. The highest BCUT2D eigenvalue weighted by atomic mass is 35.5. The average Bonchev–Trinajstić information content (AvgIpc) is 2.53. The van der Waals surface area contributed by atoms with Crippen LogP contribution in [0.5, 0.6) is 0 Å². The third-order valence-electron chi connectivity index (χ3n) is 3.32. The first-order chi connectivity index (χ1) is 10.7. The molecule has 2 aromatic rings. The van der Waals surface area contributed by atoms with Gasteiger partial charge in [-0.15, -0.1) is 12.4 Å². The second-order valence-corrected chi connectivity index (χ2v) is 5.17. The van der Waals surface area contributed by atoms with Gasteiger partial charge in [0.05, 0.1) is 11.1 Å². The van der Waals surface area contributed by atoms with Crippen molar-refractivity contribution < 1.29 is 5.21 Å². The number of rotatable bonds is 1. The Kier molecular flexibility index (Phi) is 5.55. The predicted octanol–water partition coefficient (Wildman–Crippen LogP) is 2.78. The second-order valence-electron chi connectivity index (χ2n) is 4.73. The highest BCUT2D eigenvalue weighted by Crippen LogP contribution is 2.15. The monoisotopic (exact) mass is 347 g/mol. The Hall–Kier alpha value is -2.14. The lowest BCUT2D eigenvalue weighted by molar-refractivity contribution is 0.0242. The van der Waals surface area contributed by atoms with Gasteiger partial charge >= 0.3 is 0 Å². The minimum absolute atomic E-state index is 0. The molecule has 6 heteroatoms. The van der Waals surface area contributed by atoms with Crippen LogP contribution in [-0.4, -0.2) is 23.2 Å². The molecule has 0 bridgehead atoms. The SMILES string of the molecule is CN=C1/C=C\N(O)/C(c2ccccc2)=c2/cc(Cl)ccc2=N1.Cl. The van der Waals surface area contributed by atoms with Crippen molar-refractivity contribution in [3.05, 3.63) is 82.0 Å². The fourth-order valence-corrected chi connectivity index (χ4v) is 2.47. The molecule has 1 aliphatic rings. The van der Waals surface area contributed by atoms with Gasteiger partial charge in [0.15, 0.2) is 0 Å². The smallest absolute Gasteiger partial charge is 0.149 e. The first-order valence-electron chi connectivity index (χ1n) is 6.76. The number of hydrogen-bond donors (Lipinski definition) is 1. The van der Waals surface area contributed by atoms with E-state index in [1.54, 1.807) is 25.3 Å². The predicted molar refractivity (Wildman–Crippen MR) is 94.6 cm³/mol. The van der Waals surface area contributed by atoms with Crippen LogP contribution in [0.4, 0.5) is 0 Å². The van der Waals surface area contributed by atoms with Crippen LogP contribution < -0.4 is 10.6 Å². The summed E-state index contributed by atoms with van der Waals surface area (Å²) in [6.45, 7) is 0. The van der Waals surface area contributed by atoms with Crippen molar-refractivity contribution in [3.63, 3.8) is 0 Å². The van der Waals surface area contributed by atoms with Crippen molar-refractivity contribution in [1.82, 2.24) is 5.06 Å². The Labute approximate surface area is 145 Å². The normalized spacial score (nSPS) is 19.1. The standard InChI is InChI=1S/C17H14ClN3O.ClH/c1-19-16-9-10-21(22)17(12-5-3-2-4-6-12)14-11-13(18)7-8-15(14)20-16;/h2-11,22H,1H3;1H/b10-9-,17-14-,19-16?,20-15?;. The van der Waals surface area contributed by atoms with E-state index in [1.807, 2.05) is 36.4 Å². The summed E-state index contributed by atoms with van der Waals surface area (Å²) in [4.78, 5) is 8.60. The van der Waals surface area contributed by atoms with Gasteiger partial charge in [-0.1, -0.05) is 41.9 Å². The minimum Gasteiger partial charge on any atom is -0.284 e. The van der Waals surface area contributed by atoms with Gasteiger partial charge in [-0.05, 0) is 18.2 Å². The van der Waals surface area contributed by atoms with E-state index in [4.69, 9.17) is 11.6 Å². The molecule has 1 aliphatic heterocycles. The molecule has 0 aliphatic carbocycles. The number of aliphatic imine (C=N–C) groups is 1. The van der Waals surface area contributed by atoms with E-state index in [1.165, 1.54) is 6.20 Å². The van der Waals surface area contributed by atoms with E-state index < -0.39 is 0 Å². The maximum absolute atomic E-state index is 10.4. The molecule has 0 fully saturated rings. The van der Waals surface area contributed by atoms with E-state index in [2.05, 4.69) is 9.98 Å². The molecular weight excluding hydrogens is 333 g/mol. The molecule has 118 valence electrons. The Morgan fingerprint density at radius 3 is 2.57 bits per heavy atom. The van der Waals surface area contributed by atoms with Crippen molar-refractivity contribution >= 4 is 35.5 Å². The summed E-state index contributed by atoms with van der Waals surface area (Å²) in [7, 11) is 1.66. The lowest BCUT2D eigenvalue weighted by atomic mass is 10.1. The highest BCUT2D eigenvalue weighted by Gasteiger charge is 2.12. The van der Waals surface area contributed by atoms with E-state index in [-0.39, 0.29) is 12.4 Å². The summed E-state index contributed by atoms with van der Waals surface area (Å²) in [5.74, 6) is 0.523. The Bertz CT molecular complexity index is 876. The third kappa shape index (κ3) is 3.62. The third-order valence-corrected chi connectivity index (χ3v) is 3.55. The van der Waals surface area contributed by atoms with Crippen LogP contribution in [0.15, 0.2) is 70.8 Å². The average molecular weight is 348 g/mol. The molecule has 23 heavy (non-hydrogen) atoms. The van der Waals surface area contributed by atoms with Crippen molar-refractivity contribution in [1.29, 1.82) is 0 Å². The van der Waals surface area contributed by atoms with Crippen LogP contribution in [0.3, 0.4) is 0 Å². The zero-order valence-electron chi connectivity index (χ0n) is 12.3. The number of hydroxylamine groups is 2. The van der Waals surface area contributed by atoms with E-state index in [0.717, 1.165) is 15.8 Å². The highest BCUT2D eigenvalue weighted by molar-refractivity contribution is 6.30. The number of fused-ring (bicyclic) bond motifs is 1. The lowest BCUT2D eigenvalue weighted by Gasteiger charge is -2.18. The topological polar surface area (TPSA) is 48.2 Å². The molecule has 0 atom stereocenters. The maximum atomic E-state index is 10.4. The Morgan fingerprint density at radius 1 is 1.13 bits per heavy atom. The first kappa shape index (κ1) is 17.2. The number of amidine groups is 1. The summed E-state index contributed by atoms with van der Waals surface area (Å²) in [6, 6.07) is 15.0. The first-order valence-corrected chi connectivity index (χ1v) is 7.14. The molecule has 0 radical (unpaired) electrons. The molecule has 0 saturated heterocycles. The van der Waals surface area contributed by atoms with Gasteiger partial charge in [0.2, 0.25) is 0 Å². The number of benzene rings is 2. The zero-order valence-corrected chi connectivity index (χ0v) is 13.9. The summed E-state index contributed by atoms with van der Waals surface area (Å²) in [6.07, 6.45) is 3.18. The molecule has 3 rings (SSSR count). The van der Waals surface area contributed by atoms with Crippen LogP contribution in [0.25, 0.3) is 5.70 Å². The lowest BCUT2D eigenvalue weighted by Crippen LogP contribution is -2.34. The molecule has 1 N–H and O–H groups in total. The van der Waals surface area contributed by atoms with Crippen molar-refractivity contribution in [3.8, 4) is 0 Å². The second kappa shape index (κ2) is 7.42. The van der Waals surface area contributed by atoms with Crippen molar-refractivity contribution in [2.24, 2.45) is 9.98 Å².